The molecule has 1 aromatic heterocycles. The van der Waals surface area contributed by atoms with Gasteiger partial charge in [-0.2, -0.15) is 0 Å². The van der Waals surface area contributed by atoms with Crippen LogP contribution in [0.25, 0.3) is 11.4 Å². The highest BCUT2D eigenvalue weighted by atomic mass is 79.9. The number of hydrogen-bond acceptors (Lipinski definition) is 4. The van der Waals surface area contributed by atoms with Crippen LogP contribution in [0.2, 0.25) is 0 Å². The predicted octanol–water partition coefficient (Wildman–Crippen LogP) is 3.37. The topological polar surface area (TPSA) is 61.0 Å². The molecule has 0 atom stereocenters. The van der Waals surface area contributed by atoms with Gasteiger partial charge in [-0.25, -0.2) is 9.97 Å². The van der Waals surface area contributed by atoms with Gasteiger partial charge in [-0.15, -0.1) is 0 Å². The van der Waals surface area contributed by atoms with Crippen molar-refractivity contribution in [3.8, 4) is 17.1 Å². The second-order valence-corrected chi connectivity index (χ2v) is 5.43. The number of methoxy groups -OCH3 is 1. The van der Waals surface area contributed by atoms with Gasteiger partial charge in [-0.1, -0.05) is 12.1 Å². The molecule has 1 aromatic carbocycles. The van der Waals surface area contributed by atoms with Gasteiger partial charge in [-0.3, -0.25) is 0 Å². The number of hydrogen-bond donors (Lipinski definition) is 1. The Morgan fingerprint density at radius 3 is 2.79 bits per heavy atom. The van der Waals surface area contributed by atoms with Gasteiger partial charge in [0.1, 0.15) is 11.6 Å². The van der Waals surface area contributed by atoms with Gasteiger partial charge in [0.05, 0.1) is 17.3 Å². The van der Waals surface area contributed by atoms with Gasteiger partial charge in [0.15, 0.2) is 5.82 Å². The van der Waals surface area contributed by atoms with E-state index in [1.54, 1.807) is 7.11 Å². The van der Waals surface area contributed by atoms with Crippen LogP contribution in [0.1, 0.15) is 24.5 Å². The summed E-state index contributed by atoms with van der Waals surface area (Å²) in [6, 6.07) is 7.70. The number of anilines is 1. The van der Waals surface area contributed by atoms with Crippen LogP contribution in [0.4, 0.5) is 5.82 Å². The zero-order valence-corrected chi connectivity index (χ0v) is 12.1. The Hall–Kier alpha value is -1.62. The normalized spacial score (nSPS) is 14.4. The number of benzene rings is 1. The molecule has 98 valence electrons. The van der Waals surface area contributed by atoms with E-state index in [1.807, 2.05) is 24.3 Å². The third-order valence-corrected chi connectivity index (χ3v) is 4.01. The first-order valence-electron chi connectivity index (χ1n) is 6.16. The lowest BCUT2D eigenvalue weighted by Crippen LogP contribution is -2.02. The standard InChI is InChI=1S/C14H14BrN3O/c1-19-10-4-2-3-9(7-10)14-17-12(8-5-6-8)11(15)13(16)18-14/h2-4,7-8H,5-6H2,1H3,(H2,16,17,18). The molecule has 5 heteroatoms. The minimum Gasteiger partial charge on any atom is -0.497 e. The molecule has 0 saturated heterocycles. The number of rotatable bonds is 3. The maximum atomic E-state index is 5.97. The monoisotopic (exact) mass is 319 g/mol. The molecule has 0 radical (unpaired) electrons. The van der Waals surface area contributed by atoms with Gasteiger partial charge in [0.2, 0.25) is 0 Å². The lowest BCUT2D eigenvalue weighted by atomic mass is 10.2. The van der Waals surface area contributed by atoms with Crippen molar-refractivity contribution in [3.05, 3.63) is 34.4 Å². The fourth-order valence-electron chi connectivity index (χ4n) is 2.00. The number of ether oxygens (including phenoxy) is 1. The Kier molecular flexibility index (Phi) is 3.14. The molecule has 19 heavy (non-hydrogen) atoms. The molecule has 1 fully saturated rings. The minimum atomic E-state index is 0.495. The smallest absolute Gasteiger partial charge is 0.161 e. The number of halogens is 1. The Balaban J connectivity index is 2.08. The molecule has 2 N–H and O–H groups in total. The van der Waals surface area contributed by atoms with Crippen LogP contribution >= 0.6 is 15.9 Å². The number of nitrogens with zero attached hydrogens (tertiary/aromatic N) is 2. The van der Waals surface area contributed by atoms with Crippen molar-refractivity contribution in [2.24, 2.45) is 0 Å². The van der Waals surface area contributed by atoms with E-state index in [1.165, 1.54) is 12.8 Å². The second-order valence-electron chi connectivity index (χ2n) is 4.64. The van der Waals surface area contributed by atoms with Crippen molar-refractivity contribution in [2.75, 3.05) is 12.8 Å². The predicted molar refractivity (Wildman–Crippen MR) is 78.1 cm³/mol. The zero-order chi connectivity index (χ0) is 13.4. The van der Waals surface area contributed by atoms with Crippen molar-refractivity contribution in [2.45, 2.75) is 18.8 Å². The van der Waals surface area contributed by atoms with E-state index in [0.29, 0.717) is 17.6 Å². The largest absolute Gasteiger partial charge is 0.497 e. The molecule has 1 aliphatic carbocycles. The summed E-state index contributed by atoms with van der Waals surface area (Å²) in [6.45, 7) is 0. The molecule has 4 nitrogen and oxygen atoms in total. The molecule has 1 saturated carbocycles. The Morgan fingerprint density at radius 2 is 2.11 bits per heavy atom. The van der Waals surface area contributed by atoms with Crippen molar-refractivity contribution in [1.29, 1.82) is 0 Å². The van der Waals surface area contributed by atoms with Crippen LogP contribution in [0.15, 0.2) is 28.7 Å². The van der Waals surface area contributed by atoms with E-state index in [-0.39, 0.29) is 0 Å². The highest BCUT2D eigenvalue weighted by Crippen LogP contribution is 2.44. The fourth-order valence-corrected chi connectivity index (χ4v) is 2.50. The summed E-state index contributed by atoms with van der Waals surface area (Å²) in [5.41, 5.74) is 7.90. The quantitative estimate of drug-likeness (QED) is 0.942. The van der Waals surface area contributed by atoms with E-state index >= 15 is 0 Å². The first kappa shape index (κ1) is 12.4. The average molecular weight is 320 g/mol. The molecule has 0 spiro atoms. The Bertz CT molecular complexity index is 626. The molecule has 0 unspecified atom stereocenters. The van der Waals surface area contributed by atoms with E-state index in [0.717, 1.165) is 21.5 Å². The Labute approximate surface area is 120 Å². The molecule has 0 amide bonds. The van der Waals surface area contributed by atoms with E-state index < -0.39 is 0 Å². The van der Waals surface area contributed by atoms with Gasteiger partial charge in [0.25, 0.3) is 0 Å². The van der Waals surface area contributed by atoms with Gasteiger partial charge in [0, 0.05) is 11.5 Å². The van der Waals surface area contributed by atoms with Gasteiger partial charge >= 0.3 is 0 Å². The van der Waals surface area contributed by atoms with E-state index in [4.69, 9.17) is 10.5 Å². The summed E-state index contributed by atoms with van der Waals surface area (Å²) >= 11 is 3.48. The van der Waals surface area contributed by atoms with Crippen LogP contribution in [0, 0.1) is 0 Å². The van der Waals surface area contributed by atoms with Crippen molar-refractivity contribution >= 4 is 21.7 Å². The zero-order valence-electron chi connectivity index (χ0n) is 10.6. The first-order valence-corrected chi connectivity index (χ1v) is 6.95. The van der Waals surface area contributed by atoms with E-state index in [9.17, 15) is 0 Å². The third kappa shape index (κ3) is 2.42. The van der Waals surface area contributed by atoms with Gasteiger partial charge in [-0.05, 0) is 40.9 Å². The average Bonchev–Trinajstić information content (AvgIpc) is 3.26. The summed E-state index contributed by atoms with van der Waals surface area (Å²) in [7, 11) is 1.64. The Morgan fingerprint density at radius 1 is 1.32 bits per heavy atom. The summed E-state index contributed by atoms with van der Waals surface area (Å²) in [5.74, 6) is 2.45. The maximum Gasteiger partial charge on any atom is 0.161 e. The van der Waals surface area contributed by atoms with Crippen LogP contribution in [0.3, 0.4) is 0 Å². The molecule has 1 heterocycles. The molecule has 1 aliphatic rings. The minimum absolute atomic E-state index is 0.495. The number of aromatic nitrogens is 2. The summed E-state index contributed by atoms with van der Waals surface area (Å²) < 4.78 is 6.06. The molecule has 0 aliphatic heterocycles. The van der Waals surface area contributed by atoms with Crippen molar-refractivity contribution < 1.29 is 4.74 Å². The first-order chi connectivity index (χ1) is 9.19. The highest BCUT2D eigenvalue weighted by molar-refractivity contribution is 9.10. The van der Waals surface area contributed by atoms with Crippen molar-refractivity contribution in [1.82, 2.24) is 9.97 Å². The van der Waals surface area contributed by atoms with E-state index in [2.05, 4.69) is 25.9 Å². The summed E-state index contributed by atoms with van der Waals surface area (Å²) in [5, 5.41) is 0. The van der Waals surface area contributed by atoms with Crippen LogP contribution in [0.5, 0.6) is 5.75 Å². The third-order valence-electron chi connectivity index (χ3n) is 3.19. The molecule has 2 aromatic rings. The molecule has 3 rings (SSSR count). The second kappa shape index (κ2) is 4.81. The van der Waals surface area contributed by atoms with Crippen molar-refractivity contribution in [3.63, 3.8) is 0 Å². The number of nitrogens with two attached hydrogens (primary N) is 1. The molecule has 0 bridgehead atoms. The van der Waals surface area contributed by atoms with Crippen LogP contribution < -0.4 is 10.5 Å². The maximum absolute atomic E-state index is 5.97. The highest BCUT2D eigenvalue weighted by Gasteiger charge is 2.29. The lowest BCUT2D eigenvalue weighted by Gasteiger charge is -2.09. The summed E-state index contributed by atoms with van der Waals surface area (Å²) in [6.07, 6.45) is 2.35. The van der Waals surface area contributed by atoms with Crippen LogP contribution in [-0.2, 0) is 0 Å². The van der Waals surface area contributed by atoms with Gasteiger partial charge < -0.3 is 10.5 Å². The SMILES string of the molecule is COc1cccc(-c2nc(N)c(Br)c(C3CC3)n2)c1. The summed E-state index contributed by atoms with van der Waals surface area (Å²) in [4.78, 5) is 9.00. The molecular formula is C14H14BrN3O. The van der Waals surface area contributed by atoms with Crippen LogP contribution in [-0.4, -0.2) is 17.1 Å². The lowest BCUT2D eigenvalue weighted by molar-refractivity contribution is 0.415. The number of nitrogen functional groups attached to an aromatic ring is 1. The fraction of sp³-hybridized carbons (Fsp3) is 0.286. The molecular weight excluding hydrogens is 306 g/mol.